The Morgan fingerprint density at radius 3 is 2.53 bits per heavy atom. The molecule has 2 heterocycles. The number of piperidine rings is 1. The van der Waals surface area contributed by atoms with Gasteiger partial charge in [-0.15, -0.1) is 0 Å². The quantitative estimate of drug-likeness (QED) is 0.422. The molecule has 7 heteroatoms. The van der Waals surface area contributed by atoms with Gasteiger partial charge in [0.25, 0.3) is 0 Å². The third-order valence-corrected chi connectivity index (χ3v) is 5.89. The molecular formula is C27H28F2N2O3. The summed E-state index contributed by atoms with van der Waals surface area (Å²) in [7, 11) is 0. The van der Waals surface area contributed by atoms with Gasteiger partial charge in [-0.25, -0.2) is 18.6 Å². The molecule has 0 spiro atoms. The van der Waals surface area contributed by atoms with Crippen molar-refractivity contribution in [2.75, 3.05) is 19.7 Å². The smallest absolute Gasteiger partial charge is 0.356 e. The fraction of sp³-hybridized carbons (Fsp3) is 0.333. The SMILES string of the molecule is CCOC(=O)c1cccc(CN2CCC(OC(c3ccccc3)c3ccc(F)cc3F)CC2)n1. The van der Waals surface area contributed by atoms with Gasteiger partial charge in [0.05, 0.1) is 18.4 Å². The Morgan fingerprint density at radius 1 is 1.06 bits per heavy atom. The van der Waals surface area contributed by atoms with Crippen LogP contribution in [0.5, 0.6) is 0 Å². The number of carbonyl (C=O) groups is 1. The molecule has 4 rings (SSSR count). The van der Waals surface area contributed by atoms with E-state index in [1.54, 1.807) is 13.0 Å². The summed E-state index contributed by atoms with van der Waals surface area (Å²) < 4.78 is 39.5. The molecule has 0 aliphatic carbocycles. The lowest BCUT2D eigenvalue weighted by Gasteiger charge is -2.34. The maximum absolute atomic E-state index is 14.6. The first-order chi connectivity index (χ1) is 16.5. The lowest BCUT2D eigenvalue weighted by atomic mass is 9.99. The molecule has 34 heavy (non-hydrogen) atoms. The van der Waals surface area contributed by atoms with E-state index in [-0.39, 0.29) is 6.10 Å². The summed E-state index contributed by atoms with van der Waals surface area (Å²) in [5.74, 6) is -1.64. The predicted octanol–water partition coefficient (Wildman–Crippen LogP) is 5.31. The van der Waals surface area contributed by atoms with Crippen molar-refractivity contribution in [3.63, 3.8) is 0 Å². The predicted molar refractivity (Wildman–Crippen MR) is 124 cm³/mol. The monoisotopic (exact) mass is 466 g/mol. The second-order valence-electron chi connectivity index (χ2n) is 8.30. The van der Waals surface area contributed by atoms with Crippen molar-refractivity contribution in [2.24, 2.45) is 0 Å². The number of halogens is 2. The van der Waals surface area contributed by atoms with E-state index < -0.39 is 23.7 Å². The zero-order valence-corrected chi connectivity index (χ0v) is 19.1. The largest absolute Gasteiger partial charge is 0.461 e. The van der Waals surface area contributed by atoms with Crippen LogP contribution in [0.2, 0.25) is 0 Å². The highest BCUT2D eigenvalue weighted by molar-refractivity contribution is 5.87. The van der Waals surface area contributed by atoms with Crippen LogP contribution in [0.4, 0.5) is 8.78 Å². The summed E-state index contributed by atoms with van der Waals surface area (Å²) in [5, 5.41) is 0. The summed E-state index contributed by atoms with van der Waals surface area (Å²) in [5.41, 5.74) is 2.27. The number of carbonyl (C=O) groups excluding carboxylic acids is 1. The van der Waals surface area contributed by atoms with Crippen LogP contribution in [0.1, 0.15) is 53.2 Å². The molecular weight excluding hydrogens is 438 g/mol. The Morgan fingerprint density at radius 2 is 1.82 bits per heavy atom. The summed E-state index contributed by atoms with van der Waals surface area (Å²) in [6.45, 7) is 4.26. The molecule has 1 aliphatic rings. The van der Waals surface area contributed by atoms with Crippen LogP contribution in [0.25, 0.3) is 0 Å². The van der Waals surface area contributed by atoms with Gasteiger partial charge in [-0.3, -0.25) is 4.90 Å². The van der Waals surface area contributed by atoms with Crippen molar-refractivity contribution in [1.82, 2.24) is 9.88 Å². The molecule has 1 unspecified atom stereocenters. The molecule has 1 atom stereocenters. The fourth-order valence-electron chi connectivity index (χ4n) is 4.18. The lowest BCUT2D eigenvalue weighted by molar-refractivity contribution is -0.0294. The Bertz CT molecular complexity index is 1100. The van der Waals surface area contributed by atoms with E-state index in [9.17, 15) is 13.6 Å². The maximum atomic E-state index is 14.6. The Balaban J connectivity index is 1.40. The number of hydrogen-bond donors (Lipinski definition) is 0. The van der Waals surface area contributed by atoms with Gasteiger partial charge in [-0.05, 0) is 43.5 Å². The van der Waals surface area contributed by atoms with Gasteiger partial charge in [0.1, 0.15) is 23.4 Å². The van der Waals surface area contributed by atoms with Crippen LogP contribution in [-0.4, -0.2) is 41.7 Å². The van der Waals surface area contributed by atoms with Gasteiger partial charge < -0.3 is 9.47 Å². The van der Waals surface area contributed by atoms with Crippen LogP contribution < -0.4 is 0 Å². The van der Waals surface area contributed by atoms with Crippen LogP contribution in [0, 0.1) is 11.6 Å². The average molecular weight is 467 g/mol. The zero-order chi connectivity index (χ0) is 23.9. The maximum Gasteiger partial charge on any atom is 0.356 e. The van der Waals surface area contributed by atoms with Gasteiger partial charge in [0, 0.05) is 31.3 Å². The minimum atomic E-state index is -0.612. The molecule has 1 aromatic heterocycles. The van der Waals surface area contributed by atoms with Crippen LogP contribution >= 0.6 is 0 Å². The van der Waals surface area contributed by atoms with Gasteiger partial charge in [0.15, 0.2) is 0 Å². The number of benzene rings is 2. The highest BCUT2D eigenvalue weighted by Crippen LogP contribution is 2.32. The molecule has 2 aromatic carbocycles. The molecule has 3 aromatic rings. The number of aromatic nitrogens is 1. The normalized spacial score (nSPS) is 15.7. The third-order valence-electron chi connectivity index (χ3n) is 5.89. The van der Waals surface area contributed by atoms with Crippen molar-refractivity contribution >= 4 is 5.97 Å². The Labute approximate surface area is 198 Å². The molecule has 0 amide bonds. The summed E-state index contributed by atoms with van der Waals surface area (Å²) in [6.07, 6.45) is 0.860. The van der Waals surface area contributed by atoms with Crippen molar-refractivity contribution in [2.45, 2.75) is 38.5 Å². The van der Waals surface area contributed by atoms with Crippen molar-refractivity contribution in [1.29, 1.82) is 0 Å². The van der Waals surface area contributed by atoms with Crippen molar-refractivity contribution in [3.8, 4) is 0 Å². The van der Waals surface area contributed by atoms with Crippen LogP contribution in [0.3, 0.4) is 0 Å². The van der Waals surface area contributed by atoms with Crippen LogP contribution in [-0.2, 0) is 16.0 Å². The van der Waals surface area contributed by atoms with E-state index in [0.717, 1.165) is 43.3 Å². The van der Waals surface area contributed by atoms with Gasteiger partial charge >= 0.3 is 5.97 Å². The molecule has 0 N–H and O–H groups in total. The molecule has 1 saturated heterocycles. The number of esters is 1. The first-order valence-electron chi connectivity index (χ1n) is 11.5. The first-order valence-corrected chi connectivity index (χ1v) is 11.5. The molecule has 5 nitrogen and oxygen atoms in total. The van der Waals surface area contributed by atoms with Crippen molar-refractivity contribution in [3.05, 3.63) is 101 Å². The number of rotatable bonds is 8. The molecule has 0 bridgehead atoms. The van der Waals surface area contributed by atoms with E-state index in [2.05, 4.69) is 9.88 Å². The van der Waals surface area contributed by atoms with Gasteiger partial charge in [0.2, 0.25) is 0 Å². The lowest BCUT2D eigenvalue weighted by Crippen LogP contribution is -2.37. The number of hydrogen-bond acceptors (Lipinski definition) is 5. The highest BCUT2D eigenvalue weighted by atomic mass is 19.1. The highest BCUT2D eigenvalue weighted by Gasteiger charge is 2.27. The minimum absolute atomic E-state index is 0.0651. The van der Waals surface area contributed by atoms with Gasteiger partial charge in [-0.2, -0.15) is 0 Å². The van der Waals surface area contributed by atoms with E-state index in [1.807, 2.05) is 42.5 Å². The fourth-order valence-corrected chi connectivity index (χ4v) is 4.18. The molecule has 0 saturated carbocycles. The molecule has 1 aliphatic heterocycles. The number of likely N-dealkylation sites (tertiary alicyclic amines) is 1. The first kappa shape index (κ1) is 24.0. The Hall–Kier alpha value is -3.16. The molecule has 1 fully saturated rings. The topological polar surface area (TPSA) is 51.7 Å². The van der Waals surface area contributed by atoms with E-state index >= 15 is 0 Å². The third kappa shape index (κ3) is 6.04. The van der Waals surface area contributed by atoms with Crippen LogP contribution in [0.15, 0.2) is 66.7 Å². The number of ether oxygens (including phenoxy) is 2. The zero-order valence-electron chi connectivity index (χ0n) is 19.1. The summed E-state index contributed by atoms with van der Waals surface area (Å²) >= 11 is 0. The number of nitrogens with zero attached hydrogens (tertiary/aromatic N) is 2. The summed E-state index contributed by atoms with van der Waals surface area (Å²) in [6, 6.07) is 18.4. The second kappa shape index (κ2) is 11.3. The average Bonchev–Trinajstić information content (AvgIpc) is 2.85. The van der Waals surface area contributed by atoms with Crippen molar-refractivity contribution < 1.29 is 23.0 Å². The van der Waals surface area contributed by atoms with E-state index in [4.69, 9.17) is 9.47 Å². The standard InChI is InChI=1S/C27H28F2N2O3/c1-2-33-27(32)25-10-6-9-21(30-25)18-31-15-13-22(14-16-31)34-26(19-7-4-3-5-8-19)23-12-11-20(28)17-24(23)29/h3-12,17,22,26H,2,13-16,18H2,1H3. The Kier molecular flexibility index (Phi) is 7.98. The summed E-state index contributed by atoms with van der Waals surface area (Å²) in [4.78, 5) is 18.6. The van der Waals surface area contributed by atoms with Gasteiger partial charge in [-0.1, -0.05) is 42.5 Å². The minimum Gasteiger partial charge on any atom is -0.461 e. The number of pyridine rings is 1. The van der Waals surface area contributed by atoms with E-state index in [0.29, 0.717) is 24.4 Å². The molecule has 178 valence electrons. The molecule has 0 radical (unpaired) electrons. The van der Waals surface area contributed by atoms with E-state index in [1.165, 1.54) is 12.1 Å². The second-order valence-corrected chi connectivity index (χ2v) is 8.30.